The second-order valence-corrected chi connectivity index (χ2v) is 7.18. The van der Waals surface area contributed by atoms with Gasteiger partial charge in [0.25, 0.3) is 0 Å². The quantitative estimate of drug-likeness (QED) is 0.660. The van der Waals surface area contributed by atoms with Gasteiger partial charge in [-0.3, -0.25) is 4.79 Å². The van der Waals surface area contributed by atoms with E-state index in [4.69, 9.17) is 0 Å². The summed E-state index contributed by atoms with van der Waals surface area (Å²) in [5.41, 5.74) is 4.54. The van der Waals surface area contributed by atoms with Crippen LogP contribution in [0.1, 0.15) is 22.3 Å². The SMILES string of the molecule is Cc1cc(CNC(=O)CSc2nnnn2-c2cccc(C)c2C)ccc1F. The molecule has 1 N–H and O–H groups in total. The third-order valence-electron chi connectivity index (χ3n) is 4.29. The molecule has 140 valence electrons. The molecule has 0 radical (unpaired) electrons. The molecule has 8 heteroatoms. The predicted octanol–water partition coefficient (Wildman–Crippen LogP) is 3.14. The fourth-order valence-electron chi connectivity index (χ4n) is 2.58. The van der Waals surface area contributed by atoms with Gasteiger partial charge in [0.05, 0.1) is 11.4 Å². The minimum atomic E-state index is -0.251. The number of carbonyl (C=O) groups excluding carboxylic acids is 1. The number of aryl methyl sites for hydroxylation is 2. The highest BCUT2D eigenvalue weighted by Gasteiger charge is 2.13. The summed E-state index contributed by atoms with van der Waals surface area (Å²) in [7, 11) is 0. The molecular weight excluding hydrogens is 365 g/mol. The molecular formula is C19H20FN5OS. The lowest BCUT2D eigenvalue weighted by Crippen LogP contribution is -2.24. The highest BCUT2D eigenvalue weighted by molar-refractivity contribution is 7.99. The molecule has 3 aromatic rings. The average molecular weight is 385 g/mol. The summed E-state index contributed by atoms with van der Waals surface area (Å²) in [4.78, 5) is 12.1. The van der Waals surface area contributed by atoms with Crippen molar-refractivity contribution >= 4 is 17.7 Å². The number of thioether (sulfide) groups is 1. The van der Waals surface area contributed by atoms with Crippen molar-refractivity contribution in [2.24, 2.45) is 0 Å². The Morgan fingerprint density at radius 1 is 1.19 bits per heavy atom. The third kappa shape index (κ3) is 4.51. The van der Waals surface area contributed by atoms with Gasteiger partial charge in [-0.25, -0.2) is 4.39 Å². The van der Waals surface area contributed by atoms with E-state index < -0.39 is 0 Å². The van der Waals surface area contributed by atoms with Gasteiger partial charge in [-0.2, -0.15) is 4.68 Å². The maximum Gasteiger partial charge on any atom is 0.230 e. The molecule has 3 rings (SSSR count). The summed E-state index contributed by atoms with van der Waals surface area (Å²) < 4.78 is 14.9. The lowest BCUT2D eigenvalue weighted by molar-refractivity contribution is -0.118. The molecule has 6 nitrogen and oxygen atoms in total. The Kier molecular flexibility index (Phi) is 5.85. The van der Waals surface area contributed by atoms with E-state index in [1.165, 1.54) is 17.8 Å². The van der Waals surface area contributed by atoms with E-state index in [9.17, 15) is 9.18 Å². The Morgan fingerprint density at radius 3 is 2.78 bits per heavy atom. The van der Waals surface area contributed by atoms with Crippen molar-refractivity contribution in [3.05, 3.63) is 64.5 Å². The van der Waals surface area contributed by atoms with Gasteiger partial charge in [0.2, 0.25) is 11.1 Å². The van der Waals surface area contributed by atoms with E-state index in [0.29, 0.717) is 17.3 Å². The molecule has 0 aliphatic carbocycles. The van der Waals surface area contributed by atoms with Gasteiger partial charge < -0.3 is 5.32 Å². The average Bonchev–Trinajstić information content (AvgIpc) is 3.11. The zero-order valence-electron chi connectivity index (χ0n) is 15.4. The van der Waals surface area contributed by atoms with Gasteiger partial charge in [-0.15, -0.1) is 5.10 Å². The maximum atomic E-state index is 13.3. The number of rotatable bonds is 6. The summed E-state index contributed by atoms with van der Waals surface area (Å²) in [5.74, 6) is -0.206. The van der Waals surface area contributed by atoms with Gasteiger partial charge in [-0.05, 0) is 65.6 Å². The minimum Gasteiger partial charge on any atom is -0.351 e. The van der Waals surface area contributed by atoms with Crippen LogP contribution in [-0.2, 0) is 11.3 Å². The largest absolute Gasteiger partial charge is 0.351 e. The molecule has 0 unspecified atom stereocenters. The second-order valence-electron chi connectivity index (χ2n) is 6.24. The number of amides is 1. The Morgan fingerprint density at radius 2 is 2.00 bits per heavy atom. The van der Waals surface area contributed by atoms with Crippen molar-refractivity contribution in [1.29, 1.82) is 0 Å². The van der Waals surface area contributed by atoms with Crippen molar-refractivity contribution in [3.8, 4) is 5.69 Å². The lowest BCUT2D eigenvalue weighted by atomic mass is 10.1. The normalized spacial score (nSPS) is 10.8. The van der Waals surface area contributed by atoms with Crippen molar-refractivity contribution in [2.45, 2.75) is 32.5 Å². The van der Waals surface area contributed by atoms with Gasteiger partial charge in [-0.1, -0.05) is 36.0 Å². The lowest BCUT2D eigenvalue weighted by Gasteiger charge is -2.10. The second kappa shape index (κ2) is 8.30. The van der Waals surface area contributed by atoms with Crippen LogP contribution in [0.3, 0.4) is 0 Å². The van der Waals surface area contributed by atoms with Crippen LogP contribution >= 0.6 is 11.8 Å². The molecule has 1 aromatic heterocycles. The van der Waals surface area contributed by atoms with Gasteiger partial charge in [0.15, 0.2) is 0 Å². The highest BCUT2D eigenvalue weighted by Crippen LogP contribution is 2.22. The molecule has 0 saturated heterocycles. The molecule has 2 aromatic carbocycles. The topological polar surface area (TPSA) is 72.7 Å². The number of carbonyl (C=O) groups is 1. The van der Waals surface area contributed by atoms with Gasteiger partial charge in [0.1, 0.15) is 5.82 Å². The number of tetrazole rings is 1. The van der Waals surface area contributed by atoms with Crippen LogP contribution in [0, 0.1) is 26.6 Å². The molecule has 1 heterocycles. The zero-order valence-corrected chi connectivity index (χ0v) is 16.2. The molecule has 0 aliphatic heterocycles. The van der Waals surface area contributed by atoms with Crippen LogP contribution < -0.4 is 5.32 Å². The fraction of sp³-hybridized carbons (Fsp3) is 0.263. The molecule has 0 bridgehead atoms. The van der Waals surface area contributed by atoms with Crippen LogP contribution in [0.25, 0.3) is 5.69 Å². The summed E-state index contributed by atoms with van der Waals surface area (Å²) in [6.45, 7) is 6.09. The Balaban J connectivity index is 1.60. The van der Waals surface area contributed by atoms with Crippen LogP contribution in [-0.4, -0.2) is 31.9 Å². The molecule has 0 saturated carbocycles. The molecule has 0 atom stereocenters. The van der Waals surface area contributed by atoms with E-state index in [2.05, 4.69) is 20.8 Å². The standard InChI is InChI=1S/C19H20FN5OS/c1-12-5-4-6-17(14(12)3)25-19(22-23-24-25)27-11-18(26)21-10-15-7-8-16(20)13(2)9-15/h4-9H,10-11H2,1-3H3,(H,21,26). The molecule has 0 spiro atoms. The number of nitrogens with zero attached hydrogens (tertiary/aromatic N) is 4. The van der Waals surface area contributed by atoms with E-state index >= 15 is 0 Å². The van der Waals surface area contributed by atoms with E-state index in [1.54, 1.807) is 23.7 Å². The first kappa shape index (κ1) is 19.0. The number of hydrogen-bond acceptors (Lipinski definition) is 5. The number of halogens is 1. The Labute approximate surface area is 161 Å². The molecule has 1 amide bonds. The number of nitrogens with one attached hydrogen (secondary N) is 1. The van der Waals surface area contributed by atoms with Crippen molar-refractivity contribution in [1.82, 2.24) is 25.5 Å². The van der Waals surface area contributed by atoms with Gasteiger partial charge in [0, 0.05) is 6.54 Å². The minimum absolute atomic E-state index is 0.141. The van der Waals surface area contributed by atoms with Gasteiger partial charge >= 0.3 is 0 Å². The highest BCUT2D eigenvalue weighted by atomic mass is 32.2. The van der Waals surface area contributed by atoms with E-state index in [-0.39, 0.29) is 17.5 Å². The predicted molar refractivity (Wildman–Crippen MR) is 102 cm³/mol. The first-order valence-corrected chi connectivity index (χ1v) is 9.44. The fourth-order valence-corrected chi connectivity index (χ4v) is 3.30. The van der Waals surface area contributed by atoms with Crippen LogP contribution in [0.4, 0.5) is 4.39 Å². The summed E-state index contributed by atoms with van der Waals surface area (Å²) in [6, 6.07) is 10.7. The molecule has 27 heavy (non-hydrogen) atoms. The van der Waals surface area contributed by atoms with Crippen molar-refractivity contribution in [2.75, 3.05) is 5.75 Å². The summed E-state index contributed by atoms with van der Waals surface area (Å²) in [5, 5.41) is 15.2. The maximum absolute atomic E-state index is 13.3. The number of hydrogen-bond donors (Lipinski definition) is 1. The summed E-state index contributed by atoms with van der Waals surface area (Å²) >= 11 is 1.27. The first-order valence-electron chi connectivity index (χ1n) is 8.45. The van der Waals surface area contributed by atoms with Crippen molar-refractivity contribution in [3.63, 3.8) is 0 Å². The Hall–Kier alpha value is -2.74. The smallest absolute Gasteiger partial charge is 0.230 e. The van der Waals surface area contributed by atoms with Crippen LogP contribution in [0.5, 0.6) is 0 Å². The third-order valence-corrected chi connectivity index (χ3v) is 5.21. The van der Waals surface area contributed by atoms with Crippen LogP contribution in [0.15, 0.2) is 41.6 Å². The van der Waals surface area contributed by atoms with Crippen molar-refractivity contribution < 1.29 is 9.18 Å². The first-order chi connectivity index (χ1) is 13.0. The number of aromatic nitrogens is 4. The van der Waals surface area contributed by atoms with E-state index in [1.807, 2.05) is 32.0 Å². The molecule has 0 aliphatic rings. The van der Waals surface area contributed by atoms with Crippen LogP contribution in [0.2, 0.25) is 0 Å². The van der Waals surface area contributed by atoms with E-state index in [0.717, 1.165) is 22.4 Å². The number of benzene rings is 2. The molecule has 0 fully saturated rings. The zero-order chi connectivity index (χ0) is 19.4. The Bertz CT molecular complexity index is 972. The monoisotopic (exact) mass is 385 g/mol. The summed E-state index contributed by atoms with van der Waals surface area (Å²) in [6.07, 6.45) is 0.